The number of aliphatic hydroxyl groups is 1. The average Bonchev–Trinajstić information content (AvgIpc) is 2.71. The molecule has 1 fully saturated rings. The van der Waals surface area contributed by atoms with E-state index in [9.17, 15) is 5.11 Å². The van der Waals surface area contributed by atoms with Crippen molar-refractivity contribution in [1.82, 2.24) is 0 Å². The van der Waals surface area contributed by atoms with Gasteiger partial charge in [-0.1, -0.05) is 37.1 Å². The lowest BCUT2D eigenvalue weighted by molar-refractivity contribution is 0.195. The normalized spacial score (nSPS) is 19.3. The number of aliphatic hydroxyl groups excluding tert-OH is 1. The molecule has 1 aromatic carbocycles. The largest absolute Gasteiger partial charge is 0.393 e. The Morgan fingerprint density at radius 1 is 1.20 bits per heavy atom. The van der Waals surface area contributed by atoms with Crippen LogP contribution in [0.2, 0.25) is 0 Å². The Balaban J connectivity index is 2.03. The molecule has 2 rings (SSSR count). The minimum Gasteiger partial charge on any atom is -0.393 e. The maximum Gasteiger partial charge on any atom is 0.0552 e. The Hall–Kier alpha value is -0.820. The molecule has 0 heterocycles. The first kappa shape index (κ1) is 10.7. The van der Waals surface area contributed by atoms with E-state index in [1.54, 1.807) is 0 Å². The minimum atomic E-state index is -0.234. The Kier molecular flexibility index (Phi) is 3.42. The van der Waals surface area contributed by atoms with E-state index in [1.807, 2.05) is 6.92 Å². The van der Waals surface area contributed by atoms with Gasteiger partial charge >= 0.3 is 0 Å². The molecule has 0 spiro atoms. The first-order valence-electron chi connectivity index (χ1n) is 6.02. The van der Waals surface area contributed by atoms with Gasteiger partial charge in [0.2, 0.25) is 0 Å². The lowest BCUT2D eigenvalue weighted by Gasteiger charge is -2.10. The Morgan fingerprint density at radius 2 is 1.80 bits per heavy atom. The standard InChI is InChI=1S/C14H20O/c1-11(15)10-12-6-8-14(9-7-12)13-4-2-3-5-13/h6-9,11,13,15H,2-5,10H2,1H3. The van der Waals surface area contributed by atoms with Gasteiger partial charge in [-0.3, -0.25) is 0 Å². The maximum atomic E-state index is 9.29. The van der Waals surface area contributed by atoms with E-state index in [0.717, 1.165) is 12.3 Å². The third kappa shape index (κ3) is 2.82. The fourth-order valence-corrected chi connectivity index (χ4v) is 2.53. The van der Waals surface area contributed by atoms with Crippen molar-refractivity contribution in [3.05, 3.63) is 35.4 Å². The van der Waals surface area contributed by atoms with Crippen molar-refractivity contribution in [3.8, 4) is 0 Å². The molecule has 0 saturated heterocycles. The summed E-state index contributed by atoms with van der Waals surface area (Å²) in [4.78, 5) is 0. The molecule has 0 aliphatic heterocycles. The Bertz CT molecular complexity index is 294. The van der Waals surface area contributed by atoms with Crippen LogP contribution in [0, 0.1) is 0 Å². The third-order valence-corrected chi connectivity index (χ3v) is 3.34. The second-order valence-electron chi connectivity index (χ2n) is 4.78. The summed E-state index contributed by atoms with van der Waals surface area (Å²) in [6.45, 7) is 1.84. The van der Waals surface area contributed by atoms with Crippen molar-refractivity contribution >= 4 is 0 Å². The van der Waals surface area contributed by atoms with Crippen LogP contribution in [0.1, 0.15) is 49.7 Å². The van der Waals surface area contributed by atoms with Crippen LogP contribution in [0.3, 0.4) is 0 Å². The van der Waals surface area contributed by atoms with E-state index < -0.39 is 0 Å². The van der Waals surface area contributed by atoms with Crippen LogP contribution in [0.4, 0.5) is 0 Å². The average molecular weight is 204 g/mol. The molecule has 0 amide bonds. The van der Waals surface area contributed by atoms with Crippen LogP contribution in [0.15, 0.2) is 24.3 Å². The van der Waals surface area contributed by atoms with Gasteiger partial charge in [-0.25, -0.2) is 0 Å². The summed E-state index contributed by atoms with van der Waals surface area (Å²) in [5.41, 5.74) is 2.73. The van der Waals surface area contributed by atoms with Gasteiger partial charge in [0.15, 0.2) is 0 Å². The molecule has 1 unspecified atom stereocenters. The second-order valence-corrected chi connectivity index (χ2v) is 4.78. The second kappa shape index (κ2) is 4.80. The fraction of sp³-hybridized carbons (Fsp3) is 0.571. The summed E-state index contributed by atoms with van der Waals surface area (Å²) in [5, 5.41) is 9.29. The molecular weight excluding hydrogens is 184 g/mol. The quantitative estimate of drug-likeness (QED) is 0.801. The van der Waals surface area contributed by atoms with Crippen molar-refractivity contribution in [2.24, 2.45) is 0 Å². The van der Waals surface area contributed by atoms with Gasteiger partial charge in [-0.15, -0.1) is 0 Å². The van der Waals surface area contributed by atoms with E-state index in [2.05, 4.69) is 24.3 Å². The molecule has 1 saturated carbocycles. The van der Waals surface area contributed by atoms with Crippen molar-refractivity contribution in [2.45, 2.75) is 51.0 Å². The van der Waals surface area contributed by atoms with Crippen LogP contribution in [-0.2, 0) is 6.42 Å². The van der Waals surface area contributed by atoms with Gasteiger partial charge in [-0.2, -0.15) is 0 Å². The van der Waals surface area contributed by atoms with Gasteiger partial charge < -0.3 is 5.11 Å². The third-order valence-electron chi connectivity index (χ3n) is 3.34. The van der Waals surface area contributed by atoms with Gasteiger partial charge in [0.1, 0.15) is 0 Å². The lowest BCUT2D eigenvalue weighted by atomic mass is 9.96. The van der Waals surface area contributed by atoms with Gasteiger partial charge in [-0.05, 0) is 43.2 Å². The van der Waals surface area contributed by atoms with E-state index >= 15 is 0 Å². The highest BCUT2D eigenvalue weighted by Gasteiger charge is 2.16. The van der Waals surface area contributed by atoms with E-state index in [1.165, 1.54) is 36.8 Å². The topological polar surface area (TPSA) is 20.2 Å². The molecular formula is C14H20O. The maximum absolute atomic E-state index is 9.29. The minimum absolute atomic E-state index is 0.234. The molecule has 0 aromatic heterocycles. The molecule has 1 aliphatic rings. The molecule has 1 atom stereocenters. The zero-order valence-electron chi connectivity index (χ0n) is 9.45. The molecule has 1 N–H and O–H groups in total. The summed E-state index contributed by atoms with van der Waals surface area (Å²) in [7, 11) is 0. The SMILES string of the molecule is CC(O)Cc1ccc(C2CCCC2)cc1. The van der Waals surface area contributed by atoms with Crippen molar-refractivity contribution in [3.63, 3.8) is 0 Å². The molecule has 0 bridgehead atoms. The van der Waals surface area contributed by atoms with Crippen LogP contribution in [0.5, 0.6) is 0 Å². The highest BCUT2D eigenvalue weighted by Crippen LogP contribution is 2.33. The molecule has 82 valence electrons. The van der Waals surface area contributed by atoms with Gasteiger partial charge in [0.25, 0.3) is 0 Å². The van der Waals surface area contributed by atoms with Crippen LogP contribution in [-0.4, -0.2) is 11.2 Å². The molecule has 0 radical (unpaired) electrons. The van der Waals surface area contributed by atoms with E-state index in [4.69, 9.17) is 0 Å². The molecule has 1 aromatic rings. The Labute approximate surface area is 92.1 Å². The molecule has 1 nitrogen and oxygen atoms in total. The van der Waals surface area contributed by atoms with Crippen LogP contribution in [0.25, 0.3) is 0 Å². The number of hydrogen-bond acceptors (Lipinski definition) is 1. The summed E-state index contributed by atoms with van der Waals surface area (Å²) in [6, 6.07) is 8.82. The van der Waals surface area contributed by atoms with E-state index in [0.29, 0.717) is 0 Å². The first-order valence-corrected chi connectivity index (χ1v) is 6.02. The lowest BCUT2D eigenvalue weighted by Crippen LogP contribution is -2.04. The number of benzene rings is 1. The fourth-order valence-electron chi connectivity index (χ4n) is 2.53. The molecule has 1 heteroatoms. The summed E-state index contributed by atoms with van der Waals surface area (Å²) in [5.74, 6) is 0.797. The highest BCUT2D eigenvalue weighted by molar-refractivity contribution is 5.26. The smallest absolute Gasteiger partial charge is 0.0552 e. The van der Waals surface area contributed by atoms with E-state index in [-0.39, 0.29) is 6.10 Å². The highest BCUT2D eigenvalue weighted by atomic mass is 16.3. The monoisotopic (exact) mass is 204 g/mol. The molecule has 1 aliphatic carbocycles. The van der Waals surface area contributed by atoms with Crippen LogP contribution < -0.4 is 0 Å². The summed E-state index contributed by atoms with van der Waals surface area (Å²) in [6.07, 6.45) is 6.03. The van der Waals surface area contributed by atoms with Crippen LogP contribution >= 0.6 is 0 Å². The molecule has 15 heavy (non-hydrogen) atoms. The number of rotatable bonds is 3. The summed E-state index contributed by atoms with van der Waals surface area (Å²) < 4.78 is 0. The number of hydrogen-bond donors (Lipinski definition) is 1. The van der Waals surface area contributed by atoms with Gasteiger partial charge in [0.05, 0.1) is 6.10 Å². The Morgan fingerprint density at radius 3 is 2.33 bits per heavy atom. The predicted molar refractivity (Wildman–Crippen MR) is 63.0 cm³/mol. The van der Waals surface area contributed by atoms with Crippen molar-refractivity contribution in [1.29, 1.82) is 0 Å². The first-order chi connectivity index (χ1) is 7.25. The van der Waals surface area contributed by atoms with Crippen molar-refractivity contribution < 1.29 is 5.11 Å². The zero-order valence-corrected chi connectivity index (χ0v) is 9.45. The summed E-state index contributed by atoms with van der Waals surface area (Å²) >= 11 is 0. The van der Waals surface area contributed by atoms with Crippen molar-refractivity contribution in [2.75, 3.05) is 0 Å². The predicted octanol–water partition coefficient (Wildman–Crippen LogP) is 3.27. The van der Waals surface area contributed by atoms with Gasteiger partial charge in [0, 0.05) is 0 Å². The zero-order chi connectivity index (χ0) is 10.7.